The van der Waals surface area contributed by atoms with Crippen LogP contribution in [0.1, 0.15) is 5.56 Å². The van der Waals surface area contributed by atoms with Gasteiger partial charge >= 0.3 is 5.97 Å². The van der Waals surface area contributed by atoms with Crippen LogP contribution in [0.15, 0.2) is 47.5 Å². The zero-order valence-electron chi connectivity index (χ0n) is 10.8. The number of carbonyl (C=O) groups is 1. The molecule has 0 radical (unpaired) electrons. The van der Waals surface area contributed by atoms with Crippen LogP contribution in [0.4, 0.5) is 5.69 Å². The number of rotatable bonds is 5. The number of benzene rings is 2. The highest BCUT2D eigenvalue weighted by Gasteiger charge is 2.04. The van der Waals surface area contributed by atoms with E-state index < -0.39 is 12.6 Å². The summed E-state index contributed by atoms with van der Waals surface area (Å²) in [5, 5.41) is 8.91. The van der Waals surface area contributed by atoms with Gasteiger partial charge in [0.25, 0.3) is 0 Å². The molecule has 2 rings (SSSR count). The van der Waals surface area contributed by atoms with Gasteiger partial charge in [-0.2, -0.15) is 0 Å². The fraction of sp³-hybridized carbons (Fsp3) is 0.0667. The molecule has 21 heavy (non-hydrogen) atoms. The van der Waals surface area contributed by atoms with Gasteiger partial charge in [0.15, 0.2) is 6.61 Å². The summed E-state index contributed by atoms with van der Waals surface area (Å²) in [6, 6.07) is 12.9. The molecule has 0 heterocycles. The average molecular weight is 416 g/mol. The van der Waals surface area contributed by atoms with E-state index in [-0.39, 0.29) is 0 Å². The Hall–Kier alpha value is -1.60. The average Bonchev–Trinajstić information content (AvgIpc) is 2.45. The molecule has 0 amide bonds. The van der Waals surface area contributed by atoms with Crippen molar-refractivity contribution in [3.05, 3.63) is 56.6 Å². The summed E-state index contributed by atoms with van der Waals surface area (Å²) in [5.41, 5.74) is 1.65. The lowest BCUT2D eigenvalue weighted by atomic mass is 10.2. The van der Waals surface area contributed by atoms with Crippen molar-refractivity contribution in [2.75, 3.05) is 6.61 Å². The summed E-state index contributed by atoms with van der Waals surface area (Å²) in [6.45, 7) is -0.421. The maximum Gasteiger partial charge on any atom is 0.341 e. The van der Waals surface area contributed by atoms with E-state index >= 15 is 0 Å². The predicted molar refractivity (Wildman–Crippen MR) is 91.0 cm³/mol. The number of carboxylic acid groups (broad SMARTS) is 1. The molecule has 0 bridgehead atoms. The molecule has 4 nitrogen and oxygen atoms in total. The lowest BCUT2D eigenvalue weighted by molar-refractivity contribution is -0.139. The van der Waals surface area contributed by atoms with Crippen LogP contribution in [0.3, 0.4) is 0 Å². The number of aliphatic imine (C=N–C) groups is 1. The van der Waals surface area contributed by atoms with Crippen molar-refractivity contribution < 1.29 is 14.6 Å². The molecule has 0 aromatic heterocycles. The summed E-state index contributed by atoms with van der Waals surface area (Å²) in [6.07, 6.45) is 1.69. The second-order valence-electron chi connectivity index (χ2n) is 4.11. The van der Waals surface area contributed by atoms with E-state index in [4.69, 9.17) is 21.4 Å². The quantitative estimate of drug-likeness (QED) is 0.589. The summed E-state index contributed by atoms with van der Waals surface area (Å²) < 4.78 is 6.20. The van der Waals surface area contributed by atoms with Crippen molar-refractivity contribution in [2.24, 2.45) is 4.99 Å². The third-order valence-electron chi connectivity index (χ3n) is 2.50. The van der Waals surface area contributed by atoms with E-state index in [9.17, 15) is 4.79 Å². The minimum atomic E-state index is -1.05. The third kappa shape index (κ3) is 5.02. The van der Waals surface area contributed by atoms with E-state index in [2.05, 4.69) is 27.6 Å². The van der Waals surface area contributed by atoms with Gasteiger partial charge in [0.2, 0.25) is 0 Å². The molecule has 0 unspecified atom stereocenters. The molecular formula is C15H11ClINO3. The Morgan fingerprint density at radius 3 is 2.62 bits per heavy atom. The Morgan fingerprint density at radius 2 is 2.00 bits per heavy atom. The Morgan fingerprint density at radius 1 is 1.29 bits per heavy atom. The smallest absolute Gasteiger partial charge is 0.341 e. The zero-order chi connectivity index (χ0) is 15.2. The van der Waals surface area contributed by atoms with Gasteiger partial charge in [-0.05, 0) is 70.6 Å². The van der Waals surface area contributed by atoms with Crippen LogP contribution in [0.2, 0.25) is 5.02 Å². The minimum Gasteiger partial charge on any atom is -0.480 e. The zero-order valence-corrected chi connectivity index (χ0v) is 13.7. The van der Waals surface area contributed by atoms with Gasteiger partial charge in [-0.1, -0.05) is 11.6 Å². The summed E-state index contributed by atoms with van der Waals surface area (Å²) >= 11 is 8.27. The van der Waals surface area contributed by atoms with Crippen LogP contribution in [0.5, 0.6) is 5.75 Å². The first-order valence-corrected chi connectivity index (χ1v) is 7.44. The molecular weight excluding hydrogens is 405 g/mol. The highest BCUT2D eigenvalue weighted by Crippen LogP contribution is 2.25. The van der Waals surface area contributed by atoms with E-state index in [1.807, 2.05) is 24.3 Å². The SMILES string of the molecule is O=C(O)COc1ccc(C=Nc2ccc(I)cc2)cc1Cl. The second kappa shape index (κ2) is 7.42. The van der Waals surface area contributed by atoms with Gasteiger partial charge in [0.1, 0.15) is 5.75 Å². The summed E-state index contributed by atoms with van der Waals surface area (Å²) in [4.78, 5) is 14.8. The summed E-state index contributed by atoms with van der Waals surface area (Å²) in [7, 11) is 0. The van der Waals surface area contributed by atoms with Crippen molar-refractivity contribution in [1.29, 1.82) is 0 Å². The number of halogens is 2. The van der Waals surface area contributed by atoms with Crippen LogP contribution in [-0.2, 0) is 4.79 Å². The first-order chi connectivity index (χ1) is 10.0. The molecule has 0 saturated carbocycles. The molecule has 0 aliphatic heterocycles. The predicted octanol–water partition coefficient (Wildman–Crippen LogP) is 4.16. The van der Waals surface area contributed by atoms with Crippen molar-refractivity contribution in [3.63, 3.8) is 0 Å². The fourth-order valence-electron chi connectivity index (χ4n) is 1.53. The fourth-order valence-corrected chi connectivity index (χ4v) is 2.13. The number of ether oxygens (including phenoxy) is 1. The number of hydrogen-bond donors (Lipinski definition) is 1. The lowest BCUT2D eigenvalue weighted by Gasteiger charge is -2.05. The third-order valence-corrected chi connectivity index (χ3v) is 3.51. The Labute approximate surface area is 140 Å². The van der Waals surface area contributed by atoms with E-state index in [0.29, 0.717) is 10.8 Å². The molecule has 0 spiro atoms. The minimum absolute atomic E-state index is 0.338. The molecule has 2 aromatic rings. The molecule has 0 aliphatic rings. The molecule has 108 valence electrons. The van der Waals surface area contributed by atoms with Gasteiger partial charge in [-0.25, -0.2) is 4.79 Å². The molecule has 2 aromatic carbocycles. The van der Waals surface area contributed by atoms with Crippen molar-refractivity contribution >= 4 is 52.1 Å². The van der Waals surface area contributed by atoms with Gasteiger partial charge in [-0.15, -0.1) is 0 Å². The standard InChI is InChI=1S/C15H11ClINO3/c16-13-7-10(1-6-14(13)21-9-15(19)20)8-18-12-4-2-11(17)3-5-12/h1-8H,9H2,(H,19,20). The first-order valence-electron chi connectivity index (χ1n) is 5.98. The number of carboxylic acids is 1. The highest BCUT2D eigenvalue weighted by molar-refractivity contribution is 14.1. The number of aliphatic carboxylic acids is 1. The maximum absolute atomic E-state index is 10.4. The molecule has 1 N–H and O–H groups in total. The first kappa shape index (κ1) is 15.8. The van der Waals surface area contributed by atoms with Gasteiger partial charge < -0.3 is 9.84 Å². The maximum atomic E-state index is 10.4. The van der Waals surface area contributed by atoms with Crippen molar-refractivity contribution in [1.82, 2.24) is 0 Å². The largest absolute Gasteiger partial charge is 0.480 e. The second-order valence-corrected chi connectivity index (χ2v) is 5.76. The van der Waals surface area contributed by atoms with E-state index in [0.717, 1.165) is 14.8 Å². The van der Waals surface area contributed by atoms with E-state index in [1.165, 1.54) is 0 Å². The van der Waals surface area contributed by atoms with Crippen molar-refractivity contribution in [3.8, 4) is 5.75 Å². The van der Waals surface area contributed by atoms with Crippen LogP contribution < -0.4 is 4.74 Å². The normalized spacial score (nSPS) is 10.8. The van der Waals surface area contributed by atoms with Crippen LogP contribution in [0.25, 0.3) is 0 Å². The van der Waals surface area contributed by atoms with E-state index in [1.54, 1.807) is 24.4 Å². The van der Waals surface area contributed by atoms with Crippen LogP contribution in [-0.4, -0.2) is 23.9 Å². The Kier molecular flexibility index (Phi) is 5.58. The van der Waals surface area contributed by atoms with Crippen molar-refractivity contribution in [2.45, 2.75) is 0 Å². The Balaban J connectivity index is 2.09. The van der Waals surface area contributed by atoms with Crippen LogP contribution in [0, 0.1) is 3.57 Å². The highest BCUT2D eigenvalue weighted by atomic mass is 127. The van der Waals surface area contributed by atoms with Crippen LogP contribution >= 0.6 is 34.2 Å². The topological polar surface area (TPSA) is 58.9 Å². The van der Waals surface area contributed by atoms with Gasteiger partial charge in [0.05, 0.1) is 10.7 Å². The van der Waals surface area contributed by atoms with Gasteiger partial charge in [-0.3, -0.25) is 4.99 Å². The molecule has 0 atom stereocenters. The molecule has 6 heteroatoms. The molecule has 0 fully saturated rings. The molecule has 0 aliphatic carbocycles. The number of hydrogen-bond acceptors (Lipinski definition) is 3. The monoisotopic (exact) mass is 415 g/mol. The lowest BCUT2D eigenvalue weighted by Crippen LogP contribution is -2.09. The Bertz CT molecular complexity index is 671. The number of nitrogens with zero attached hydrogens (tertiary/aromatic N) is 1. The molecule has 0 saturated heterocycles. The van der Waals surface area contributed by atoms with Gasteiger partial charge in [0, 0.05) is 9.78 Å². The summed E-state index contributed by atoms with van der Waals surface area (Å²) in [5.74, 6) is -0.708.